The summed E-state index contributed by atoms with van der Waals surface area (Å²) in [5.74, 6) is 3.88. The molecule has 0 amide bonds. The van der Waals surface area contributed by atoms with Gasteiger partial charge in [0.1, 0.15) is 0 Å². The molecule has 0 radical (unpaired) electrons. The zero-order valence-electron chi connectivity index (χ0n) is 13.3. The molecule has 0 spiro atoms. The summed E-state index contributed by atoms with van der Waals surface area (Å²) in [6.07, 6.45) is 15.1. The summed E-state index contributed by atoms with van der Waals surface area (Å²) in [4.78, 5) is 0. The predicted octanol–water partition coefficient (Wildman–Crippen LogP) is 5.01. The minimum atomic E-state index is 0.792. The summed E-state index contributed by atoms with van der Waals surface area (Å²) < 4.78 is 0. The Morgan fingerprint density at radius 3 is 2.16 bits per heavy atom. The van der Waals surface area contributed by atoms with Gasteiger partial charge in [-0.25, -0.2) is 0 Å². The summed E-state index contributed by atoms with van der Waals surface area (Å²) in [6, 6.07) is 0. The lowest BCUT2D eigenvalue weighted by Gasteiger charge is -2.35. The predicted molar refractivity (Wildman–Crippen MR) is 84.3 cm³/mol. The highest BCUT2D eigenvalue weighted by molar-refractivity contribution is 4.80. The van der Waals surface area contributed by atoms with E-state index in [1.165, 1.54) is 70.9 Å². The minimum Gasteiger partial charge on any atom is -0.316 e. The first-order chi connectivity index (χ1) is 9.25. The zero-order chi connectivity index (χ0) is 13.5. The quantitative estimate of drug-likeness (QED) is 0.712. The molecule has 0 aromatic rings. The van der Waals surface area contributed by atoms with E-state index in [-0.39, 0.29) is 0 Å². The van der Waals surface area contributed by atoms with Gasteiger partial charge in [0.05, 0.1) is 0 Å². The molecular formula is C18H35N. The van der Waals surface area contributed by atoms with E-state index in [0.717, 1.165) is 23.7 Å². The fourth-order valence-corrected chi connectivity index (χ4v) is 4.27. The molecule has 2 aliphatic rings. The van der Waals surface area contributed by atoms with Crippen molar-refractivity contribution in [3.8, 4) is 0 Å². The molecule has 2 unspecified atom stereocenters. The van der Waals surface area contributed by atoms with Gasteiger partial charge in [0, 0.05) is 0 Å². The van der Waals surface area contributed by atoms with Crippen LogP contribution in [0.1, 0.15) is 78.1 Å². The van der Waals surface area contributed by atoms with Crippen LogP contribution in [0.5, 0.6) is 0 Å². The SMILES string of the molecule is CC(C)CNCC1CCCCC1CC1CCCCC1. The van der Waals surface area contributed by atoms with E-state index in [1.807, 2.05) is 0 Å². The van der Waals surface area contributed by atoms with Crippen molar-refractivity contribution in [3.05, 3.63) is 0 Å². The van der Waals surface area contributed by atoms with E-state index in [1.54, 1.807) is 6.42 Å². The van der Waals surface area contributed by atoms with Crippen molar-refractivity contribution >= 4 is 0 Å². The number of nitrogens with one attached hydrogen (secondary N) is 1. The summed E-state index contributed by atoms with van der Waals surface area (Å²) >= 11 is 0. The van der Waals surface area contributed by atoms with Gasteiger partial charge in [-0.2, -0.15) is 0 Å². The van der Waals surface area contributed by atoms with Crippen LogP contribution in [-0.2, 0) is 0 Å². The van der Waals surface area contributed by atoms with E-state index in [9.17, 15) is 0 Å². The van der Waals surface area contributed by atoms with Crippen LogP contribution in [0.15, 0.2) is 0 Å². The van der Waals surface area contributed by atoms with Crippen molar-refractivity contribution in [2.75, 3.05) is 13.1 Å². The first-order valence-corrected chi connectivity index (χ1v) is 8.96. The average molecular weight is 265 g/mol. The second kappa shape index (κ2) is 8.29. The van der Waals surface area contributed by atoms with Crippen LogP contribution in [0.25, 0.3) is 0 Å². The molecule has 0 heterocycles. The monoisotopic (exact) mass is 265 g/mol. The van der Waals surface area contributed by atoms with Crippen LogP contribution in [0, 0.1) is 23.7 Å². The highest BCUT2D eigenvalue weighted by Crippen LogP contribution is 2.38. The van der Waals surface area contributed by atoms with Crippen molar-refractivity contribution in [1.82, 2.24) is 5.32 Å². The summed E-state index contributed by atoms with van der Waals surface area (Å²) in [5.41, 5.74) is 0. The topological polar surface area (TPSA) is 12.0 Å². The molecule has 1 nitrogen and oxygen atoms in total. The van der Waals surface area contributed by atoms with E-state index in [2.05, 4.69) is 19.2 Å². The van der Waals surface area contributed by atoms with Crippen LogP contribution < -0.4 is 5.32 Å². The van der Waals surface area contributed by atoms with E-state index < -0.39 is 0 Å². The average Bonchev–Trinajstić information content (AvgIpc) is 2.41. The Morgan fingerprint density at radius 1 is 0.842 bits per heavy atom. The lowest BCUT2D eigenvalue weighted by atomic mass is 9.72. The van der Waals surface area contributed by atoms with Gasteiger partial charge >= 0.3 is 0 Å². The Balaban J connectivity index is 1.74. The highest BCUT2D eigenvalue weighted by Gasteiger charge is 2.27. The number of hydrogen-bond acceptors (Lipinski definition) is 1. The van der Waals surface area contributed by atoms with Crippen molar-refractivity contribution in [2.45, 2.75) is 78.1 Å². The molecular weight excluding hydrogens is 230 g/mol. The molecule has 2 saturated carbocycles. The lowest BCUT2D eigenvalue weighted by molar-refractivity contribution is 0.172. The lowest BCUT2D eigenvalue weighted by Crippen LogP contribution is -2.33. The standard InChI is InChI=1S/C18H35N/c1-15(2)13-19-14-18-11-7-6-10-17(18)12-16-8-4-3-5-9-16/h15-19H,3-14H2,1-2H3. The molecule has 2 aliphatic carbocycles. The molecule has 0 aromatic heterocycles. The van der Waals surface area contributed by atoms with Crippen LogP contribution in [0.3, 0.4) is 0 Å². The molecule has 2 fully saturated rings. The second-order valence-corrected chi connectivity index (χ2v) is 7.60. The number of hydrogen-bond donors (Lipinski definition) is 1. The Labute approximate surface area is 120 Å². The molecule has 1 heteroatoms. The first kappa shape index (κ1) is 15.4. The highest BCUT2D eigenvalue weighted by atomic mass is 14.9. The van der Waals surface area contributed by atoms with Gasteiger partial charge in [0.2, 0.25) is 0 Å². The van der Waals surface area contributed by atoms with Crippen molar-refractivity contribution < 1.29 is 0 Å². The Kier molecular flexibility index (Phi) is 6.70. The van der Waals surface area contributed by atoms with Gasteiger partial charge in [-0.05, 0) is 49.6 Å². The van der Waals surface area contributed by atoms with Gasteiger partial charge in [0.25, 0.3) is 0 Å². The molecule has 19 heavy (non-hydrogen) atoms. The van der Waals surface area contributed by atoms with Gasteiger partial charge in [0.15, 0.2) is 0 Å². The normalized spacial score (nSPS) is 29.8. The third-order valence-corrected chi connectivity index (χ3v) is 5.39. The largest absolute Gasteiger partial charge is 0.316 e. The summed E-state index contributed by atoms with van der Waals surface area (Å²) in [5, 5.41) is 3.72. The smallest absolute Gasteiger partial charge is 0.00178 e. The third-order valence-electron chi connectivity index (χ3n) is 5.39. The van der Waals surface area contributed by atoms with Crippen molar-refractivity contribution in [2.24, 2.45) is 23.7 Å². The fourth-order valence-electron chi connectivity index (χ4n) is 4.27. The van der Waals surface area contributed by atoms with E-state index in [4.69, 9.17) is 0 Å². The first-order valence-electron chi connectivity index (χ1n) is 8.96. The fraction of sp³-hybridized carbons (Fsp3) is 1.00. The van der Waals surface area contributed by atoms with Crippen molar-refractivity contribution in [1.29, 1.82) is 0 Å². The number of rotatable bonds is 6. The van der Waals surface area contributed by atoms with Crippen LogP contribution >= 0.6 is 0 Å². The van der Waals surface area contributed by atoms with Crippen molar-refractivity contribution in [3.63, 3.8) is 0 Å². The molecule has 0 aliphatic heterocycles. The molecule has 0 saturated heterocycles. The summed E-state index contributed by atoms with van der Waals surface area (Å²) in [7, 11) is 0. The second-order valence-electron chi connectivity index (χ2n) is 7.60. The van der Waals surface area contributed by atoms with Crippen LogP contribution in [-0.4, -0.2) is 13.1 Å². The van der Waals surface area contributed by atoms with E-state index >= 15 is 0 Å². The minimum absolute atomic E-state index is 0.792. The zero-order valence-corrected chi connectivity index (χ0v) is 13.3. The van der Waals surface area contributed by atoms with Gasteiger partial charge in [-0.1, -0.05) is 65.2 Å². The molecule has 112 valence electrons. The molecule has 0 bridgehead atoms. The maximum atomic E-state index is 3.72. The van der Waals surface area contributed by atoms with Crippen LogP contribution in [0.2, 0.25) is 0 Å². The maximum Gasteiger partial charge on any atom is -0.00178 e. The third kappa shape index (κ3) is 5.45. The van der Waals surface area contributed by atoms with E-state index in [0.29, 0.717) is 0 Å². The molecule has 1 N–H and O–H groups in total. The molecule has 0 aromatic carbocycles. The van der Waals surface area contributed by atoms with Gasteiger partial charge < -0.3 is 5.32 Å². The Bertz CT molecular complexity index is 230. The molecule has 2 atom stereocenters. The summed E-state index contributed by atoms with van der Waals surface area (Å²) in [6.45, 7) is 7.11. The molecule has 2 rings (SSSR count). The van der Waals surface area contributed by atoms with Gasteiger partial charge in [-0.15, -0.1) is 0 Å². The van der Waals surface area contributed by atoms with Gasteiger partial charge in [-0.3, -0.25) is 0 Å². The van der Waals surface area contributed by atoms with Crippen LogP contribution in [0.4, 0.5) is 0 Å². The Hall–Kier alpha value is -0.0400. The maximum absolute atomic E-state index is 3.72. The Morgan fingerprint density at radius 2 is 1.47 bits per heavy atom.